The van der Waals surface area contributed by atoms with E-state index in [9.17, 15) is 4.79 Å². The second kappa shape index (κ2) is 4.33. The van der Waals surface area contributed by atoms with Gasteiger partial charge in [-0.15, -0.1) is 0 Å². The van der Waals surface area contributed by atoms with Crippen molar-refractivity contribution in [2.45, 2.75) is 11.6 Å². The van der Waals surface area contributed by atoms with E-state index in [0.29, 0.717) is 5.16 Å². The van der Waals surface area contributed by atoms with Crippen molar-refractivity contribution in [3.05, 3.63) is 34.5 Å². The third-order valence-corrected chi connectivity index (χ3v) is 3.87. The molecule has 1 aromatic heterocycles. The van der Waals surface area contributed by atoms with E-state index in [1.165, 1.54) is 11.8 Å². The fourth-order valence-corrected chi connectivity index (χ4v) is 2.87. The maximum Gasteiger partial charge on any atom is 0.313 e. The van der Waals surface area contributed by atoms with Gasteiger partial charge in [0.25, 0.3) is 0 Å². The molecule has 0 bridgehead atoms. The lowest BCUT2D eigenvalue weighted by atomic mass is 10.1. The van der Waals surface area contributed by atoms with Crippen LogP contribution in [0.1, 0.15) is 11.3 Å². The van der Waals surface area contributed by atoms with Gasteiger partial charge in [0.05, 0.1) is 11.4 Å². The number of imidazole rings is 1. The Morgan fingerprint density at radius 3 is 3.17 bits per heavy atom. The number of carboxylic acid groups (broad SMARTS) is 1. The Morgan fingerprint density at radius 2 is 2.39 bits per heavy atom. The summed E-state index contributed by atoms with van der Waals surface area (Å²) < 4.78 is 0. The molecule has 18 heavy (non-hydrogen) atoms. The highest BCUT2D eigenvalue weighted by Gasteiger charge is 2.23. The standard InChI is InChI=1S/C12H9ClN2O2S/c13-7-1-2-8-6(3-7)4-9-11(8)15-12(14-9)18-5-10(16)17/h1-3H,4-5H2,(H,14,15)(H,16,17). The number of halogens is 1. The lowest BCUT2D eigenvalue weighted by Gasteiger charge is -1.99. The highest BCUT2D eigenvalue weighted by Crippen LogP contribution is 2.37. The van der Waals surface area contributed by atoms with Gasteiger partial charge in [0, 0.05) is 22.7 Å². The summed E-state index contributed by atoms with van der Waals surface area (Å²) in [5.41, 5.74) is 4.17. The molecule has 2 N–H and O–H groups in total. The van der Waals surface area contributed by atoms with E-state index in [0.717, 1.165) is 34.0 Å². The number of aliphatic carboxylic acids is 1. The van der Waals surface area contributed by atoms with Crippen LogP contribution in [0.2, 0.25) is 5.02 Å². The summed E-state index contributed by atoms with van der Waals surface area (Å²) in [4.78, 5) is 18.1. The molecule has 1 aliphatic rings. The van der Waals surface area contributed by atoms with Crippen LogP contribution in [0.4, 0.5) is 0 Å². The Kier molecular flexibility index (Phi) is 2.80. The van der Waals surface area contributed by atoms with Crippen LogP contribution in [-0.4, -0.2) is 26.8 Å². The van der Waals surface area contributed by atoms with Crippen LogP contribution < -0.4 is 0 Å². The molecule has 0 radical (unpaired) electrons. The molecule has 0 saturated carbocycles. The lowest BCUT2D eigenvalue weighted by Crippen LogP contribution is -1.98. The Bertz CT molecular complexity index is 639. The zero-order valence-electron chi connectivity index (χ0n) is 9.24. The van der Waals surface area contributed by atoms with Gasteiger partial charge in [-0.25, -0.2) is 4.98 Å². The first-order chi connectivity index (χ1) is 8.63. The number of carboxylic acids is 1. The topological polar surface area (TPSA) is 66.0 Å². The maximum absolute atomic E-state index is 10.5. The molecule has 1 heterocycles. The monoisotopic (exact) mass is 280 g/mol. The Hall–Kier alpha value is -1.46. The number of hydrogen-bond donors (Lipinski definition) is 2. The highest BCUT2D eigenvalue weighted by atomic mass is 35.5. The molecule has 2 aromatic rings. The van der Waals surface area contributed by atoms with Gasteiger partial charge in [0.2, 0.25) is 0 Å². The molecule has 0 aliphatic heterocycles. The average Bonchev–Trinajstić information content (AvgIpc) is 2.82. The fourth-order valence-electron chi connectivity index (χ4n) is 2.06. The summed E-state index contributed by atoms with van der Waals surface area (Å²) >= 11 is 7.15. The molecule has 92 valence electrons. The van der Waals surface area contributed by atoms with Crippen LogP contribution in [0.15, 0.2) is 23.4 Å². The first-order valence-corrected chi connectivity index (χ1v) is 6.72. The van der Waals surface area contributed by atoms with Crippen LogP contribution in [0.5, 0.6) is 0 Å². The van der Waals surface area contributed by atoms with Gasteiger partial charge in [-0.2, -0.15) is 0 Å². The van der Waals surface area contributed by atoms with E-state index < -0.39 is 5.97 Å². The van der Waals surface area contributed by atoms with E-state index in [1.807, 2.05) is 18.2 Å². The number of thioether (sulfide) groups is 1. The van der Waals surface area contributed by atoms with E-state index in [-0.39, 0.29) is 5.75 Å². The van der Waals surface area contributed by atoms with Crippen LogP contribution in [-0.2, 0) is 11.2 Å². The van der Waals surface area contributed by atoms with Crippen molar-refractivity contribution >= 4 is 29.3 Å². The van der Waals surface area contributed by atoms with Crippen molar-refractivity contribution in [1.29, 1.82) is 0 Å². The largest absolute Gasteiger partial charge is 0.481 e. The molecule has 0 amide bonds. The predicted octanol–water partition coefficient (Wildman–Crippen LogP) is 2.81. The molecule has 1 aliphatic carbocycles. The first-order valence-electron chi connectivity index (χ1n) is 5.36. The molecule has 1 aromatic carbocycles. The Balaban J connectivity index is 1.91. The van der Waals surface area contributed by atoms with Gasteiger partial charge < -0.3 is 10.1 Å². The summed E-state index contributed by atoms with van der Waals surface area (Å²) in [6.07, 6.45) is 0.770. The van der Waals surface area contributed by atoms with Gasteiger partial charge in [-0.3, -0.25) is 4.79 Å². The minimum atomic E-state index is -0.844. The number of rotatable bonds is 3. The summed E-state index contributed by atoms with van der Waals surface area (Å²) in [6, 6.07) is 5.74. The molecule has 4 nitrogen and oxygen atoms in total. The summed E-state index contributed by atoms with van der Waals surface area (Å²) in [6.45, 7) is 0. The number of aromatic amines is 1. The maximum atomic E-state index is 10.5. The van der Waals surface area contributed by atoms with Crippen molar-refractivity contribution in [1.82, 2.24) is 9.97 Å². The zero-order valence-corrected chi connectivity index (χ0v) is 10.8. The molecule has 0 fully saturated rings. The molecular weight excluding hydrogens is 272 g/mol. The number of H-pyrrole nitrogens is 1. The summed E-state index contributed by atoms with van der Waals surface area (Å²) in [5, 5.41) is 10.0. The lowest BCUT2D eigenvalue weighted by molar-refractivity contribution is -0.133. The molecule has 6 heteroatoms. The van der Waals surface area contributed by atoms with Crippen LogP contribution in [0, 0.1) is 0 Å². The predicted molar refractivity (Wildman–Crippen MR) is 70.2 cm³/mol. The number of fused-ring (bicyclic) bond motifs is 3. The second-order valence-electron chi connectivity index (χ2n) is 4.03. The van der Waals surface area contributed by atoms with Crippen molar-refractivity contribution in [3.8, 4) is 11.3 Å². The third kappa shape index (κ3) is 2.00. The van der Waals surface area contributed by atoms with Gasteiger partial charge in [0.1, 0.15) is 0 Å². The zero-order chi connectivity index (χ0) is 12.7. The van der Waals surface area contributed by atoms with Gasteiger partial charge in [0.15, 0.2) is 5.16 Å². The number of aromatic nitrogens is 2. The van der Waals surface area contributed by atoms with E-state index in [2.05, 4.69) is 9.97 Å². The Morgan fingerprint density at radius 1 is 1.56 bits per heavy atom. The molecule has 0 unspecified atom stereocenters. The van der Waals surface area contributed by atoms with Gasteiger partial charge in [-0.1, -0.05) is 29.4 Å². The average molecular weight is 281 g/mol. The Labute approximate surface area is 112 Å². The van der Waals surface area contributed by atoms with E-state index in [1.54, 1.807) is 0 Å². The minimum Gasteiger partial charge on any atom is -0.481 e. The van der Waals surface area contributed by atoms with E-state index >= 15 is 0 Å². The highest BCUT2D eigenvalue weighted by molar-refractivity contribution is 7.99. The molecule has 3 rings (SSSR count). The molecule has 0 spiro atoms. The number of carbonyl (C=O) groups is 1. The SMILES string of the molecule is O=C(O)CSc1nc2c([nH]1)Cc1cc(Cl)ccc1-2. The van der Waals surface area contributed by atoms with Crippen LogP contribution in [0.25, 0.3) is 11.3 Å². The van der Waals surface area contributed by atoms with Gasteiger partial charge >= 0.3 is 5.97 Å². The molecule has 0 atom stereocenters. The van der Waals surface area contributed by atoms with Crippen LogP contribution >= 0.6 is 23.4 Å². The molecule has 0 saturated heterocycles. The number of benzene rings is 1. The van der Waals surface area contributed by atoms with Crippen molar-refractivity contribution in [2.24, 2.45) is 0 Å². The molecular formula is C12H9ClN2O2S. The van der Waals surface area contributed by atoms with E-state index in [4.69, 9.17) is 16.7 Å². The number of nitrogens with zero attached hydrogens (tertiary/aromatic N) is 1. The van der Waals surface area contributed by atoms with Gasteiger partial charge in [-0.05, 0) is 17.7 Å². The first kappa shape index (κ1) is 11.6. The van der Waals surface area contributed by atoms with Crippen molar-refractivity contribution in [2.75, 3.05) is 5.75 Å². The normalized spacial score (nSPS) is 12.3. The summed E-state index contributed by atoms with van der Waals surface area (Å²) in [7, 11) is 0. The smallest absolute Gasteiger partial charge is 0.313 e. The quantitative estimate of drug-likeness (QED) is 0.724. The minimum absolute atomic E-state index is 0.0138. The van der Waals surface area contributed by atoms with Crippen LogP contribution in [0.3, 0.4) is 0 Å². The van der Waals surface area contributed by atoms with Crippen molar-refractivity contribution < 1.29 is 9.90 Å². The fraction of sp³-hybridized carbons (Fsp3) is 0.167. The second-order valence-corrected chi connectivity index (χ2v) is 5.43. The van der Waals surface area contributed by atoms with Crippen molar-refractivity contribution in [3.63, 3.8) is 0 Å². The number of nitrogens with one attached hydrogen (secondary N) is 1. The third-order valence-electron chi connectivity index (χ3n) is 2.78. The number of hydrogen-bond acceptors (Lipinski definition) is 3. The summed E-state index contributed by atoms with van der Waals surface area (Å²) in [5.74, 6) is -0.830.